The molecule has 62 valence electrons. The van der Waals surface area contributed by atoms with Crippen molar-refractivity contribution in [1.29, 1.82) is 0 Å². The van der Waals surface area contributed by atoms with Crippen molar-refractivity contribution in [2.45, 2.75) is 44.1 Å². The molecule has 0 amide bonds. The van der Waals surface area contributed by atoms with Crippen molar-refractivity contribution in [1.82, 2.24) is 0 Å². The van der Waals surface area contributed by atoms with Gasteiger partial charge in [-0.05, 0) is 11.8 Å². The number of aliphatic hydroxyl groups is 1. The van der Waals surface area contributed by atoms with Gasteiger partial charge in [-0.25, -0.2) is 0 Å². The summed E-state index contributed by atoms with van der Waals surface area (Å²) in [5.41, 5.74) is 0.0938. The highest BCUT2D eigenvalue weighted by Crippen LogP contribution is 2.30. The molecule has 0 radical (unpaired) electrons. The molecule has 1 unspecified atom stereocenters. The minimum Gasteiger partial charge on any atom is -0.382 e. The van der Waals surface area contributed by atoms with Gasteiger partial charge in [0.1, 0.15) is 4.11 Å². The van der Waals surface area contributed by atoms with Crippen molar-refractivity contribution in [2.24, 2.45) is 5.41 Å². The van der Waals surface area contributed by atoms with Crippen LogP contribution < -0.4 is 0 Å². The van der Waals surface area contributed by atoms with E-state index in [1.165, 1.54) is 12.8 Å². The summed E-state index contributed by atoms with van der Waals surface area (Å²) in [6.07, 6.45) is 3.55. The molecule has 1 N–H and O–H groups in total. The Morgan fingerprint density at radius 3 is 2.30 bits per heavy atom. The van der Waals surface area contributed by atoms with E-state index in [0.717, 1.165) is 6.42 Å². The Kier molecular flexibility index (Phi) is 4.86. The van der Waals surface area contributed by atoms with Crippen LogP contribution >= 0.6 is 22.6 Å². The second-order valence-corrected chi connectivity index (χ2v) is 4.61. The lowest BCUT2D eigenvalue weighted by Gasteiger charge is -2.26. The lowest BCUT2D eigenvalue weighted by molar-refractivity contribution is 0.130. The Morgan fingerprint density at radius 1 is 1.50 bits per heavy atom. The quantitative estimate of drug-likeness (QED) is 0.605. The Balaban J connectivity index is 3.63. The van der Waals surface area contributed by atoms with Gasteiger partial charge in [0, 0.05) is 0 Å². The molecule has 0 aromatic rings. The van der Waals surface area contributed by atoms with Gasteiger partial charge in [-0.1, -0.05) is 56.2 Å². The van der Waals surface area contributed by atoms with Gasteiger partial charge < -0.3 is 5.11 Å². The summed E-state index contributed by atoms with van der Waals surface area (Å²) in [5, 5.41) is 9.29. The number of aliphatic hydroxyl groups excluding tert-OH is 1. The van der Waals surface area contributed by atoms with Crippen molar-refractivity contribution in [3.05, 3.63) is 0 Å². The third kappa shape index (κ3) is 3.76. The van der Waals surface area contributed by atoms with Gasteiger partial charge in [-0.15, -0.1) is 0 Å². The summed E-state index contributed by atoms with van der Waals surface area (Å²) in [5.74, 6) is 0. The molecule has 0 aliphatic rings. The Labute approximate surface area is 77.3 Å². The number of hydrogen-bond donors (Lipinski definition) is 1. The highest BCUT2D eigenvalue weighted by Gasteiger charge is 2.24. The van der Waals surface area contributed by atoms with E-state index in [2.05, 4.69) is 43.4 Å². The zero-order valence-electron chi connectivity index (χ0n) is 7.02. The molecule has 0 rings (SSSR count). The van der Waals surface area contributed by atoms with E-state index in [1.54, 1.807) is 0 Å². The van der Waals surface area contributed by atoms with Gasteiger partial charge in [-0.3, -0.25) is 0 Å². The third-order valence-electron chi connectivity index (χ3n) is 1.82. The average Bonchev–Trinajstić information content (AvgIpc) is 1.84. The monoisotopic (exact) mass is 256 g/mol. The molecule has 0 saturated carbocycles. The van der Waals surface area contributed by atoms with Crippen molar-refractivity contribution < 1.29 is 5.11 Å². The first kappa shape index (κ1) is 10.7. The topological polar surface area (TPSA) is 20.2 Å². The van der Waals surface area contributed by atoms with E-state index in [0.29, 0.717) is 0 Å². The molecule has 10 heavy (non-hydrogen) atoms. The van der Waals surface area contributed by atoms with Crippen LogP contribution in [0.1, 0.15) is 40.0 Å². The van der Waals surface area contributed by atoms with Crippen LogP contribution in [0.2, 0.25) is 0 Å². The molecular weight excluding hydrogens is 239 g/mol. The summed E-state index contributed by atoms with van der Waals surface area (Å²) in [6.45, 7) is 6.40. The second kappa shape index (κ2) is 4.54. The number of rotatable bonds is 4. The molecule has 0 bridgehead atoms. The summed E-state index contributed by atoms with van der Waals surface area (Å²) >= 11 is 2.08. The second-order valence-electron chi connectivity index (χ2n) is 3.43. The fourth-order valence-electron chi connectivity index (χ4n) is 0.751. The van der Waals surface area contributed by atoms with E-state index >= 15 is 0 Å². The fraction of sp³-hybridized carbons (Fsp3) is 1.00. The van der Waals surface area contributed by atoms with Gasteiger partial charge in [-0.2, -0.15) is 0 Å². The summed E-state index contributed by atoms with van der Waals surface area (Å²) < 4.78 is -0.211. The van der Waals surface area contributed by atoms with Crippen LogP contribution in [0, 0.1) is 5.41 Å². The molecule has 0 fully saturated rings. The van der Waals surface area contributed by atoms with Crippen LogP contribution in [-0.2, 0) is 0 Å². The third-order valence-corrected chi connectivity index (χ3v) is 3.51. The maximum absolute atomic E-state index is 9.29. The molecule has 0 heterocycles. The summed E-state index contributed by atoms with van der Waals surface area (Å²) in [4.78, 5) is 0. The molecule has 0 aromatic heterocycles. The standard InChI is InChI=1S/C8H17IO/c1-4-5-6-8(2,3)7(9)10/h7,10H,4-6H2,1-3H3. The molecule has 1 nitrogen and oxygen atoms in total. The lowest BCUT2D eigenvalue weighted by Crippen LogP contribution is -2.23. The first-order valence-corrected chi connectivity index (χ1v) is 5.07. The van der Waals surface area contributed by atoms with Crippen LogP contribution in [-0.4, -0.2) is 9.22 Å². The number of halogens is 1. The smallest absolute Gasteiger partial charge is 0.110 e. The Hall–Kier alpha value is 0.690. The zero-order chi connectivity index (χ0) is 8.20. The minimum atomic E-state index is -0.211. The van der Waals surface area contributed by atoms with Crippen LogP contribution in [0.5, 0.6) is 0 Å². The fourth-order valence-corrected chi connectivity index (χ4v) is 1.06. The normalized spacial score (nSPS) is 15.3. The van der Waals surface area contributed by atoms with Gasteiger partial charge in [0.05, 0.1) is 0 Å². The van der Waals surface area contributed by atoms with E-state index in [9.17, 15) is 5.11 Å². The summed E-state index contributed by atoms with van der Waals surface area (Å²) in [7, 11) is 0. The summed E-state index contributed by atoms with van der Waals surface area (Å²) in [6, 6.07) is 0. The first-order valence-electron chi connectivity index (χ1n) is 3.83. The Morgan fingerprint density at radius 2 is 2.00 bits per heavy atom. The molecular formula is C8H17IO. The maximum Gasteiger partial charge on any atom is 0.110 e. The lowest BCUT2D eigenvalue weighted by atomic mass is 9.88. The first-order chi connectivity index (χ1) is 4.50. The van der Waals surface area contributed by atoms with Crippen molar-refractivity contribution in [2.75, 3.05) is 0 Å². The van der Waals surface area contributed by atoms with Gasteiger partial charge in [0.25, 0.3) is 0 Å². The average molecular weight is 256 g/mol. The number of unbranched alkanes of at least 4 members (excludes halogenated alkanes) is 1. The van der Waals surface area contributed by atoms with Crippen LogP contribution in [0.3, 0.4) is 0 Å². The molecule has 0 aromatic carbocycles. The molecule has 0 aliphatic carbocycles. The van der Waals surface area contributed by atoms with Crippen molar-refractivity contribution in [3.8, 4) is 0 Å². The highest BCUT2D eigenvalue weighted by atomic mass is 127. The van der Waals surface area contributed by atoms with Crippen LogP contribution in [0.15, 0.2) is 0 Å². The molecule has 0 spiro atoms. The largest absolute Gasteiger partial charge is 0.382 e. The van der Waals surface area contributed by atoms with Crippen LogP contribution in [0.4, 0.5) is 0 Å². The van der Waals surface area contributed by atoms with E-state index in [-0.39, 0.29) is 9.53 Å². The van der Waals surface area contributed by atoms with Gasteiger partial charge in [0.2, 0.25) is 0 Å². The predicted octanol–water partition coefficient (Wildman–Crippen LogP) is 2.96. The SMILES string of the molecule is CCCCC(C)(C)C(O)I. The van der Waals surface area contributed by atoms with Crippen LogP contribution in [0.25, 0.3) is 0 Å². The van der Waals surface area contributed by atoms with Gasteiger partial charge in [0.15, 0.2) is 0 Å². The van der Waals surface area contributed by atoms with Crippen molar-refractivity contribution >= 4 is 22.6 Å². The number of alkyl halides is 1. The minimum absolute atomic E-state index is 0.0938. The van der Waals surface area contributed by atoms with E-state index in [1.807, 2.05) is 0 Å². The zero-order valence-corrected chi connectivity index (χ0v) is 9.18. The Bertz CT molecular complexity index is 89.3. The predicted molar refractivity (Wildman–Crippen MR) is 53.3 cm³/mol. The molecule has 2 heteroatoms. The number of hydrogen-bond acceptors (Lipinski definition) is 1. The van der Waals surface area contributed by atoms with E-state index < -0.39 is 0 Å². The molecule has 0 saturated heterocycles. The van der Waals surface area contributed by atoms with E-state index in [4.69, 9.17) is 0 Å². The molecule has 0 aliphatic heterocycles. The van der Waals surface area contributed by atoms with Crippen molar-refractivity contribution in [3.63, 3.8) is 0 Å². The maximum atomic E-state index is 9.29. The van der Waals surface area contributed by atoms with Gasteiger partial charge >= 0.3 is 0 Å². The molecule has 1 atom stereocenters. The highest BCUT2D eigenvalue weighted by molar-refractivity contribution is 14.1.